The van der Waals surface area contributed by atoms with Crippen molar-refractivity contribution in [3.63, 3.8) is 0 Å². The van der Waals surface area contributed by atoms with Crippen molar-refractivity contribution >= 4 is 68.2 Å². The van der Waals surface area contributed by atoms with Gasteiger partial charge in [0.05, 0.1) is 16.9 Å². The Bertz CT molecular complexity index is 749. The fraction of sp³-hybridized carbons (Fsp3) is 0.200. The molecule has 1 aromatic rings. The van der Waals surface area contributed by atoms with Gasteiger partial charge in [-0.05, 0) is 36.6 Å². The van der Waals surface area contributed by atoms with Crippen LogP contribution in [-0.4, -0.2) is 33.1 Å². The first-order valence-corrected chi connectivity index (χ1v) is 8.74. The Morgan fingerprint density at radius 1 is 1.38 bits per heavy atom. The Hall–Kier alpha value is -1.71. The molecular formula is C15H10BrNO5S2-2. The summed E-state index contributed by atoms with van der Waals surface area (Å²) in [5.74, 6) is -3.55. The van der Waals surface area contributed by atoms with E-state index in [1.165, 1.54) is 0 Å². The minimum absolute atomic E-state index is 0.0498. The van der Waals surface area contributed by atoms with Crippen molar-refractivity contribution < 1.29 is 24.6 Å². The highest BCUT2D eigenvalue weighted by atomic mass is 79.9. The van der Waals surface area contributed by atoms with Gasteiger partial charge >= 0.3 is 0 Å². The number of carbonyl (C=O) groups excluding carboxylic acids is 3. The molecule has 0 N–H and O–H groups in total. The summed E-state index contributed by atoms with van der Waals surface area (Å²) in [6.07, 6.45) is 0.747. The van der Waals surface area contributed by atoms with Crippen LogP contribution in [0.3, 0.4) is 0 Å². The first-order chi connectivity index (χ1) is 11.3. The van der Waals surface area contributed by atoms with Crippen LogP contribution >= 0.6 is 39.9 Å². The van der Waals surface area contributed by atoms with Crippen molar-refractivity contribution in [3.05, 3.63) is 39.2 Å². The highest BCUT2D eigenvalue weighted by Gasteiger charge is 2.37. The average Bonchev–Trinajstić information content (AvgIpc) is 2.74. The fourth-order valence-electron chi connectivity index (χ4n) is 2.10. The zero-order valence-corrected chi connectivity index (χ0v) is 15.3. The molecule has 126 valence electrons. The SMILES string of the molecule is O=C([O-])CC[C@H](C(=O)[O-])N1C(=O)/C(=C/c2cccc(Br)c2)SC1=S. The van der Waals surface area contributed by atoms with E-state index in [1.807, 2.05) is 6.07 Å². The smallest absolute Gasteiger partial charge is 0.266 e. The van der Waals surface area contributed by atoms with Gasteiger partial charge in [-0.25, -0.2) is 0 Å². The van der Waals surface area contributed by atoms with Crippen LogP contribution in [0.2, 0.25) is 0 Å². The molecule has 0 unspecified atom stereocenters. The van der Waals surface area contributed by atoms with Gasteiger partial charge in [-0.3, -0.25) is 9.69 Å². The van der Waals surface area contributed by atoms with Gasteiger partial charge < -0.3 is 19.8 Å². The first kappa shape index (κ1) is 18.6. The molecule has 1 fully saturated rings. The summed E-state index contributed by atoms with van der Waals surface area (Å²) in [5, 5.41) is 21.8. The monoisotopic (exact) mass is 427 g/mol. The Morgan fingerprint density at radius 3 is 2.67 bits per heavy atom. The topological polar surface area (TPSA) is 101 Å². The minimum Gasteiger partial charge on any atom is -0.550 e. The van der Waals surface area contributed by atoms with E-state index < -0.39 is 30.3 Å². The molecule has 1 atom stereocenters. The summed E-state index contributed by atoms with van der Waals surface area (Å²) < 4.78 is 0.877. The molecule has 1 aromatic carbocycles. The second-order valence-corrected chi connectivity index (χ2v) is 7.44. The van der Waals surface area contributed by atoms with Gasteiger partial charge in [-0.2, -0.15) is 0 Å². The lowest BCUT2D eigenvalue weighted by atomic mass is 10.1. The lowest BCUT2D eigenvalue weighted by molar-refractivity contribution is -0.311. The van der Waals surface area contributed by atoms with Crippen LogP contribution in [-0.2, 0) is 14.4 Å². The van der Waals surface area contributed by atoms with Crippen LogP contribution in [0, 0.1) is 0 Å². The molecule has 1 aliphatic heterocycles. The zero-order chi connectivity index (χ0) is 17.9. The average molecular weight is 428 g/mol. The molecule has 0 radical (unpaired) electrons. The van der Waals surface area contributed by atoms with Gasteiger partial charge in [-0.15, -0.1) is 0 Å². The van der Waals surface area contributed by atoms with Crippen LogP contribution in [0.1, 0.15) is 18.4 Å². The number of amides is 1. The number of hydrogen-bond acceptors (Lipinski definition) is 7. The molecule has 0 aliphatic carbocycles. The maximum Gasteiger partial charge on any atom is 0.266 e. The summed E-state index contributed by atoms with van der Waals surface area (Å²) in [6.45, 7) is 0. The quantitative estimate of drug-likeness (QED) is 0.475. The maximum absolute atomic E-state index is 12.5. The summed E-state index contributed by atoms with van der Waals surface area (Å²) in [7, 11) is 0. The van der Waals surface area contributed by atoms with Crippen molar-refractivity contribution in [2.75, 3.05) is 0 Å². The zero-order valence-electron chi connectivity index (χ0n) is 12.1. The minimum atomic E-state index is -1.56. The van der Waals surface area contributed by atoms with E-state index in [9.17, 15) is 24.6 Å². The summed E-state index contributed by atoms with van der Waals surface area (Å²) in [4.78, 5) is 35.5. The second kappa shape index (κ2) is 7.91. The normalized spacial score (nSPS) is 17.4. The number of benzene rings is 1. The third-order valence-corrected chi connectivity index (χ3v) is 5.00. The lowest BCUT2D eigenvalue weighted by Gasteiger charge is -2.27. The van der Waals surface area contributed by atoms with E-state index in [1.54, 1.807) is 24.3 Å². The standard InChI is InChI=1S/C15H12BrNO5S2/c16-9-3-1-2-8(6-9)7-11-13(20)17(15(23)24-11)10(14(21)22)4-5-12(18)19/h1-3,6-7,10H,4-5H2,(H,18,19)(H,21,22)/p-2/b11-7-/t10-/m1/s1. The lowest BCUT2D eigenvalue weighted by Crippen LogP contribution is -2.50. The molecule has 0 bridgehead atoms. The molecular weight excluding hydrogens is 418 g/mol. The van der Waals surface area contributed by atoms with Crippen LogP contribution in [0.15, 0.2) is 33.6 Å². The van der Waals surface area contributed by atoms with Gasteiger partial charge in [0, 0.05) is 10.4 Å². The number of carboxylic acids is 2. The molecule has 2 rings (SSSR count). The number of carbonyl (C=O) groups is 3. The summed E-state index contributed by atoms with van der Waals surface area (Å²) in [5.41, 5.74) is 0.740. The van der Waals surface area contributed by atoms with Crippen molar-refractivity contribution in [3.8, 4) is 0 Å². The van der Waals surface area contributed by atoms with E-state index in [2.05, 4.69) is 15.9 Å². The van der Waals surface area contributed by atoms with Crippen molar-refractivity contribution in [1.29, 1.82) is 0 Å². The largest absolute Gasteiger partial charge is 0.550 e. The molecule has 0 aromatic heterocycles. The number of rotatable bonds is 6. The second-order valence-electron chi connectivity index (χ2n) is 4.85. The third kappa shape index (κ3) is 4.43. The number of aliphatic carboxylic acids is 2. The molecule has 1 heterocycles. The molecule has 1 amide bonds. The van der Waals surface area contributed by atoms with E-state index in [-0.39, 0.29) is 15.6 Å². The van der Waals surface area contributed by atoms with Gasteiger partial charge in [0.25, 0.3) is 5.91 Å². The van der Waals surface area contributed by atoms with Crippen molar-refractivity contribution in [1.82, 2.24) is 4.90 Å². The van der Waals surface area contributed by atoms with Gasteiger partial charge in [-0.1, -0.05) is 52.0 Å². The van der Waals surface area contributed by atoms with Crippen molar-refractivity contribution in [2.45, 2.75) is 18.9 Å². The van der Waals surface area contributed by atoms with Crippen LogP contribution in [0.5, 0.6) is 0 Å². The number of thioether (sulfide) groups is 1. The molecule has 1 saturated heterocycles. The summed E-state index contributed by atoms with van der Waals surface area (Å²) >= 11 is 9.36. The Morgan fingerprint density at radius 2 is 2.08 bits per heavy atom. The Kier molecular flexibility index (Phi) is 6.14. The number of carboxylic acid groups (broad SMARTS) is 2. The highest BCUT2D eigenvalue weighted by Crippen LogP contribution is 2.35. The molecule has 1 aliphatic rings. The van der Waals surface area contributed by atoms with Gasteiger partial charge in [0.2, 0.25) is 0 Å². The Balaban J connectivity index is 2.26. The molecule has 0 spiro atoms. The molecule has 9 heteroatoms. The number of hydrogen-bond donors (Lipinski definition) is 0. The molecule has 6 nitrogen and oxygen atoms in total. The van der Waals surface area contributed by atoms with Gasteiger partial charge in [0.15, 0.2) is 0 Å². The highest BCUT2D eigenvalue weighted by molar-refractivity contribution is 9.10. The summed E-state index contributed by atoms with van der Waals surface area (Å²) in [6, 6.07) is 5.75. The molecule has 24 heavy (non-hydrogen) atoms. The van der Waals surface area contributed by atoms with Crippen molar-refractivity contribution in [2.24, 2.45) is 0 Å². The predicted octanol–water partition coefficient (Wildman–Crippen LogP) is 0.299. The van der Waals surface area contributed by atoms with Crippen LogP contribution in [0.4, 0.5) is 0 Å². The third-order valence-electron chi connectivity index (χ3n) is 3.18. The van der Waals surface area contributed by atoms with Crippen LogP contribution < -0.4 is 10.2 Å². The van der Waals surface area contributed by atoms with E-state index in [0.717, 1.165) is 26.7 Å². The van der Waals surface area contributed by atoms with Gasteiger partial charge in [0.1, 0.15) is 4.32 Å². The van der Waals surface area contributed by atoms with E-state index in [4.69, 9.17) is 12.2 Å². The fourth-order valence-corrected chi connectivity index (χ4v) is 3.88. The van der Waals surface area contributed by atoms with Crippen LogP contribution in [0.25, 0.3) is 6.08 Å². The number of halogens is 1. The number of thiocarbonyl (C=S) groups is 1. The predicted molar refractivity (Wildman–Crippen MR) is 92.2 cm³/mol. The molecule has 0 saturated carbocycles. The first-order valence-electron chi connectivity index (χ1n) is 6.73. The number of nitrogens with zero attached hydrogens (tertiary/aromatic N) is 1. The Labute approximate surface area is 155 Å². The maximum atomic E-state index is 12.5. The van der Waals surface area contributed by atoms with E-state index in [0.29, 0.717) is 0 Å². The van der Waals surface area contributed by atoms with E-state index >= 15 is 0 Å².